The second-order valence-corrected chi connectivity index (χ2v) is 8.34. The number of halogens is 1. The van der Waals surface area contributed by atoms with Crippen LogP contribution >= 0.6 is 0 Å². The third-order valence-electron chi connectivity index (χ3n) is 4.26. The Bertz CT molecular complexity index is 1080. The molecular formula is C22H20FNO3S. The predicted octanol–water partition coefficient (Wildman–Crippen LogP) is 4.14. The Morgan fingerprint density at radius 2 is 1.61 bits per heavy atom. The van der Waals surface area contributed by atoms with E-state index in [1.54, 1.807) is 18.2 Å². The van der Waals surface area contributed by atoms with Gasteiger partial charge in [0, 0.05) is 6.42 Å². The van der Waals surface area contributed by atoms with E-state index in [4.69, 9.17) is 0 Å². The molecule has 0 fully saturated rings. The Balaban J connectivity index is 1.95. The van der Waals surface area contributed by atoms with Crippen LogP contribution < -0.4 is 4.31 Å². The number of rotatable bonds is 7. The fourth-order valence-corrected chi connectivity index (χ4v) is 4.42. The first-order valence-corrected chi connectivity index (χ1v) is 10.2. The Labute approximate surface area is 164 Å². The molecule has 0 atom stereocenters. The topological polar surface area (TPSA) is 54.5 Å². The molecule has 0 aliphatic rings. The van der Waals surface area contributed by atoms with Gasteiger partial charge in [-0.3, -0.25) is 9.10 Å². The average Bonchev–Trinajstić information content (AvgIpc) is 2.67. The van der Waals surface area contributed by atoms with Gasteiger partial charge in [-0.1, -0.05) is 60.2 Å². The Kier molecular flexibility index (Phi) is 5.90. The van der Waals surface area contributed by atoms with Gasteiger partial charge in [-0.2, -0.15) is 0 Å². The van der Waals surface area contributed by atoms with Crippen molar-refractivity contribution in [2.75, 3.05) is 10.8 Å². The number of benzene rings is 3. The number of carbonyl (C=O) groups excluding carboxylic acids is 1. The molecule has 0 spiro atoms. The van der Waals surface area contributed by atoms with Crippen molar-refractivity contribution in [3.8, 4) is 0 Å². The second kappa shape index (κ2) is 8.35. The van der Waals surface area contributed by atoms with E-state index < -0.39 is 22.4 Å². The van der Waals surface area contributed by atoms with Gasteiger partial charge in [-0.05, 0) is 36.8 Å². The van der Waals surface area contributed by atoms with Crippen LogP contribution in [-0.2, 0) is 21.2 Å². The molecule has 3 aromatic carbocycles. The number of nitrogens with zero attached hydrogens (tertiary/aromatic N) is 1. The fourth-order valence-electron chi connectivity index (χ4n) is 2.94. The highest BCUT2D eigenvalue weighted by atomic mass is 32.2. The summed E-state index contributed by atoms with van der Waals surface area (Å²) in [4.78, 5) is 12.7. The Hall–Kier alpha value is -2.99. The van der Waals surface area contributed by atoms with Gasteiger partial charge in [-0.15, -0.1) is 0 Å². The standard InChI is InChI=1S/C22H20FNO3S/c1-17-8-7-9-18(14-17)15-19(25)16-24(22-13-6-5-12-21(22)23)28(26,27)20-10-3-2-4-11-20/h2-14H,15-16H2,1H3. The number of ketones is 1. The maximum Gasteiger partial charge on any atom is 0.264 e. The van der Waals surface area contributed by atoms with Crippen LogP contribution in [0.25, 0.3) is 0 Å². The van der Waals surface area contributed by atoms with Crippen LogP contribution in [0.4, 0.5) is 10.1 Å². The molecule has 0 N–H and O–H groups in total. The lowest BCUT2D eigenvalue weighted by atomic mass is 10.1. The lowest BCUT2D eigenvalue weighted by Crippen LogP contribution is -2.37. The highest BCUT2D eigenvalue weighted by Crippen LogP contribution is 2.26. The van der Waals surface area contributed by atoms with Crippen molar-refractivity contribution in [2.45, 2.75) is 18.2 Å². The van der Waals surface area contributed by atoms with Crippen molar-refractivity contribution in [1.82, 2.24) is 0 Å². The number of para-hydroxylation sites is 1. The molecule has 0 bridgehead atoms. The van der Waals surface area contributed by atoms with Crippen molar-refractivity contribution in [3.05, 3.63) is 95.8 Å². The van der Waals surface area contributed by atoms with Crippen molar-refractivity contribution in [2.24, 2.45) is 0 Å². The van der Waals surface area contributed by atoms with Gasteiger partial charge >= 0.3 is 0 Å². The van der Waals surface area contributed by atoms with E-state index in [-0.39, 0.29) is 22.8 Å². The fraction of sp³-hybridized carbons (Fsp3) is 0.136. The number of aryl methyl sites for hydroxylation is 1. The van der Waals surface area contributed by atoms with Crippen LogP contribution in [0.15, 0.2) is 83.8 Å². The molecule has 0 amide bonds. The van der Waals surface area contributed by atoms with Crippen molar-refractivity contribution < 1.29 is 17.6 Å². The summed E-state index contributed by atoms with van der Waals surface area (Å²) >= 11 is 0. The van der Waals surface area contributed by atoms with E-state index in [0.29, 0.717) is 0 Å². The minimum absolute atomic E-state index is 0.00149. The summed E-state index contributed by atoms with van der Waals surface area (Å²) in [6, 6.07) is 20.7. The lowest BCUT2D eigenvalue weighted by molar-refractivity contribution is -0.117. The Morgan fingerprint density at radius 3 is 2.29 bits per heavy atom. The van der Waals surface area contributed by atoms with Crippen LogP contribution in [-0.4, -0.2) is 20.7 Å². The molecule has 144 valence electrons. The summed E-state index contributed by atoms with van der Waals surface area (Å²) in [6.45, 7) is 1.46. The molecule has 3 aromatic rings. The lowest BCUT2D eigenvalue weighted by Gasteiger charge is -2.24. The normalized spacial score (nSPS) is 11.2. The van der Waals surface area contributed by atoms with Crippen molar-refractivity contribution in [1.29, 1.82) is 0 Å². The molecule has 0 unspecified atom stereocenters. The van der Waals surface area contributed by atoms with Gasteiger partial charge in [0.15, 0.2) is 5.78 Å². The first-order valence-electron chi connectivity index (χ1n) is 8.77. The summed E-state index contributed by atoms with van der Waals surface area (Å²) in [5.41, 5.74) is 1.65. The highest BCUT2D eigenvalue weighted by molar-refractivity contribution is 7.92. The SMILES string of the molecule is Cc1cccc(CC(=O)CN(c2ccccc2F)S(=O)(=O)c2ccccc2)c1. The van der Waals surface area contributed by atoms with Crippen LogP contribution in [0.3, 0.4) is 0 Å². The zero-order chi connectivity index (χ0) is 20.1. The number of hydrogen-bond acceptors (Lipinski definition) is 3. The number of sulfonamides is 1. The van der Waals surface area contributed by atoms with Crippen LogP contribution in [0, 0.1) is 12.7 Å². The van der Waals surface area contributed by atoms with E-state index in [1.165, 1.54) is 36.4 Å². The predicted molar refractivity (Wildman–Crippen MR) is 107 cm³/mol. The molecule has 0 saturated heterocycles. The summed E-state index contributed by atoms with van der Waals surface area (Å²) in [5.74, 6) is -1.03. The number of anilines is 1. The van der Waals surface area contributed by atoms with Gasteiger partial charge in [0.25, 0.3) is 10.0 Å². The highest BCUT2D eigenvalue weighted by Gasteiger charge is 2.28. The maximum atomic E-state index is 14.4. The van der Waals surface area contributed by atoms with Crippen molar-refractivity contribution in [3.63, 3.8) is 0 Å². The van der Waals surface area contributed by atoms with Crippen LogP contribution in [0.1, 0.15) is 11.1 Å². The average molecular weight is 397 g/mol. The molecule has 3 rings (SSSR count). The maximum absolute atomic E-state index is 14.4. The molecule has 0 aliphatic heterocycles. The van der Waals surface area contributed by atoms with E-state index in [1.807, 2.05) is 31.2 Å². The smallest absolute Gasteiger partial charge is 0.264 e. The van der Waals surface area contributed by atoms with Gasteiger partial charge in [0.05, 0.1) is 17.1 Å². The molecule has 6 heteroatoms. The number of Topliss-reactive ketones (excluding diaryl/α,β-unsaturated/α-hetero) is 1. The summed E-state index contributed by atoms with van der Waals surface area (Å²) in [6.07, 6.45) is 0.0664. The number of carbonyl (C=O) groups is 1. The Morgan fingerprint density at radius 1 is 0.929 bits per heavy atom. The monoisotopic (exact) mass is 397 g/mol. The molecule has 0 aliphatic carbocycles. The minimum Gasteiger partial charge on any atom is -0.297 e. The van der Waals surface area contributed by atoms with Crippen LogP contribution in [0.5, 0.6) is 0 Å². The summed E-state index contributed by atoms with van der Waals surface area (Å²) in [5, 5.41) is 0. The van der Waals surface area contributed by atoms with Gasteiger partial charge in [0.2, 0.25) is 0 Å². The van der Waals surface area contributed by atoms with Crippen LogP contribution in [0.2, 0.25) is 0 Å². The molecule has 28 heavy (non-hydrogen) atoms. The van der Waals surface area contributed by atoms with E-state index in [9.17, 15) is 17.6 Å². The van der Waals surface area contributed by atoms with E-state index in [0.717, 1.165) is 15.4 Å². The van der Waals surface area contributed by atoms with E-state index in [2.05, 4.69) is 0 Å². The number of hydrogen-bond donors (Lipinski definition) is 0. The molecule has 4 nitrogen and oxygen atoms in total. The van der Waals surface area contributed by atoms with Gasteiger partial charge < -0.3 is 0 Å². The van der Waals surface area contributed by atoms with E-state index >= 15 is 0 Å². The zero-order valence-corrected chi connectivity index (χ0v) is 16.2. The quantitative estimate of drug-likeness (QED) is 0.602. The summed E-state index contributed by atoms with van der Waals surface area (Å²) in [7, 11) is -4.10. The molecule has 0 aromatic heterocycles. The third-order valence-corrected chi connectivity index (χ3v) is 6.03. The third kappa shape index (κ3) is 4.46. The largest absolute Gasteiger partial charge is 0.297 e. The molecule has 0 radical (unpaired) electrons. The second-order valence-electron chi connectivity index (χ2n) is 6.48. The van der Waals surface area contributed by atoms with Gasteiger partial charge in [-0.25, -0.2) is 12.8 Å². The molecule has 0 saturated carbocycles. The zero-order valence-electron chi connectivity index (χ0n) is 15.4. The summed E-state index contributed by atoms with van der Waals surface area (Å²) < 4.78 is 41.5. The molecular weight excluding hydrogens is 377 g/mol. The minimum atomic E-state index is -4.10. The first-order chi connectivity index (χ1) is 13.4. The van der Waals surface area contributed by atoms with Gasteiger partial charge in [0.1, 0.15) is 5.82 Å². The van der Waals surface area contributed by atoms with Crippen molar-refractivity contribution >= 4 is 21.5 Å². The first kappa shape index (κ1) is 19.8. The molecule has 0 heterocycles.